The second kappa shape index (κ2) is 10.9. The number of hydrogen-bond donors (Lipinski definition) is 1. The van der Waals surface area contributed by atoms with Crippen molar-refractivity contribution in [3.05, 3.63) is 99.2 Å². The first-order valence-electron chi connectivity index (χ1n) is 11.0. The van der Waals surface area contributed by atoms with Crippen LogP contribution in [-0.4, -0.2) is 23.4 Å². The largest absolute Gasteiger partial charge is 0.490 e. The van der Waals surface area contributed by atoms with Gasteiger partial charge in [0, 0.05) is 10.0 Å². The number of halogens is 1. The minimum absolute atomic E-state index is 0.172. The zero-order valence-corrected chi connectivity index (χ0v) is 20.5. The van der Waals surface area contributed by atoms with Crippen LogP contribution in [0.1, 0.15) is 29.2 Å². The number of nitriles is 1. The van der Waals surface area contributed by atoms with Crippen molar-refractivity contribution in [3.8, 4) is 17.6 Å². The second-order valence-corrected chi connectivity index (χ2v) is 8.53. The van der Waals surface area contributed by atoms with Crippen molar-refractivity contribution in [1.82, 2.24) is 10.2 Å². The summed E-state index contributed by atoms with van der Waals surface area (Å²) < 4.78 is 12.4. The molecule has 0 unspecified atom stereocenters. The van der Waals surface area contributed by atoms with Crippen LogP contribution in [0.2, 0.25) is 0 Å². The highest BCUT2D eigenvalue weighted by Crippen LogP contribution is 2.36. The van der Waals surface area contributed by atoms with Crippen LogP contribution in [0.25, 0.3) is 6.08 Å². The molecule has 3 amide bonds. The number of urea groups is 1. The lowest BCUT2D eigenvalue weighted by molar-refractivity contribution is -0.123. The van der Waals surface area contributed by atoms with Gasteiger partial charge in [-0.15, -0.1) is 0 Å². The number of hydrogen-bond acceptors (Lipinski definition) is 5. The molecule has 1 aliphatic heterocycles. The van der Waals surface area contributed by atoms with E-state index in [0.717, 1.165) is 11.1 Å². The average Bonchev–Trinajstić information content (AvgIpc) is 3.13. The summed E-state index contributed by atoms with van der Waals surface area (Å²) in [7, 11) is 0. The lowest BCUT2D eigenvalue weighted by atomic mass is 10.1. The highest BCUT2D eigenvalue weighted by atomic mass is 79.9. The van der Waals surface area contributed by atoms with E-state index in [1.54, 1.807) is 30.3 Å². The van der Waals surface area contributed by atoms with E-state index < -0.39 is 11.9 Å². The predicted molar refractivity (Wildman–Crippen MR) is 134 cm³/mol. The summed E-state index contributed by atoms with van der Waals surface area (Å²) in [5, 5.41) is 12.0. The predicted octanol–water partition coefficient (Wildman–Crippen LogP) is 5.39. The Morgan fingerprint density at radius 3 is 2.49 bits per heavy atom. The maximum atomic E-state index is 12.9. The Balaban J connectivity index is 1.57. The summed E-state index contributed by atoms with van der Waals surface area (Å²) in [5.41, 5.74) is 2.98. The molecule has 4 rings (SSSR count). The molecule has 35 heavy (non-hydrogen) atoms. The molecule has 0 aromatic heterocycles. The molecular weight excluding hydrogens is 510 g/mol. The number of nitrogens with zero attached hydrogens (tertiary/aromatic N) is 2. The van der Waals surface area contributed by atoms with Crippen molar-refractivity contribution in [2.24, 2.45) is 0 Å². The van der Waals surface area contributed by atoms with Gasteiger partial charge in [-0.2, -0.15) is 5.26 Å². The molecule has 8 heteroatoms. The Hall–Kier alpha value is -4.09. The molecule has 1 saturated heterocycles. The zero-order chi connectivity index (χ0) is 24.8. The Morgan fingerprint density at radius 1 is 1.03 bits per heavy atom. The van der Waals surface area contributed by atoms with E-state index in [-0.39, 0.29) is 18.8 Å². The minimum Gasteiger partial charge on any atom is -0.490 e. The van der Waals surface area contributed by atoms with Crippen LogP contribution in [0, 0.1) is 11.3 Å². The molecular formula is C27H22BrN3O4. The molecule has 1 heterocycles. The van der Waals surface area contributed by atoms with Crippen LogP contribution in [-0.2, 0) is 17.9 Å². The van der Waals surface area contributed by atoms with E-state index in [2.05, 4.69) is 27.3 Å². The molecule has 0 spiro atoms. The lowest BCUT2D eigenvalue weighted by Crippen LogP contribution is -2.30. The molecule has 0 aliphatic carbocycles. The number of rotatable bonds is 8. The van der Waals surface area contributed by atoms with Gasteiger partial charge in [0.2, 0.25) is 0 Å². The number of imide groups is 1. The molecule has 3 aromatic carbocycles. The molecule has 0 bridgehead atoms. The molecule has 0 saturated carbocycles. The van der Waals surface area contributed by atoms with Gasteiger partial charge in [-0.25, -0.2) is 4.79 Å². The quantitative estimate of drug-likeness (QED) is 0.310. The monoisotopic (exact) mass is 531 g/mol. The van der Waals surface area contributed by atoms with E-state index in [0.29, 0.717) is 33.7 Å². The minimum atomic E-state index is -0.470. The molecule has 3 aromatic rings. The Morgan fingerprint density at radius 2 is 1.74 bits per heavy atom. The summed E-state index contributed by atoms with van der Waals surface area (Å²) >= 11 is 3.53. The summed E-state index contributed by atoms with van der Waals surface area (Å²) in [6, 6.07) is 21.7. The van der Waals surface area contributed by atoms with Gasteiger partial charge in [0.25, 0.3) is 5.91 Å². The van der Waals surface area contributed by atoms with E-state index in [9.17, 15) is 14.9 Å². The Labute approximate surface area is 211 Å². The van der Waals surface area contributed by atoms with Crippen LogP contribution in [0.3, 0.4) is 0 Å². The summed E-state index contributed by atoms with van der Waals surface area (Å²) in [6.45, 7) is 2.64. The van der Waals surface area contributed by atoms with Crippen molar-refractivity contribution in [2.45, 2.75) is 20.1 Å². The number of carbonyl (C=O) groups is 2. The normalized spacial score (nSPS) is 14.1. The van der Waals surface area contributed by atoms with Crippen molar-refractivity contribution in [1.29, 1.82) is 5.26 Å². The smallest absolute Gasteiger partial charge is 0.329 e. The SMILES string of the molecule is CCOc1cc(/C=C2/NC(=O)N(Cc3ccccc3)C2=O)c(Br)cc1OCc1ccccc1C#N. The first-order valence-corrected chi connectivity index (χ1v) is 11.7. The van der Waals surface area contributed by atoms with E-state index in [1.807, 2.05) is 49.4 Å². The fourth-order valence-electron chi connectivity index (χ4n) is 3.59. The summed E-state index contributed by atoms with van der Waals surface area (Å²) in [6.07, 6.45) is 1.60. The van der Waals surface area contributed by atoms with Gasteiger partial charge < -0.3 is 14.8 Å². The van der Waals surface area contributed by atoms with E-state index in [1.165, 1.54) is 4.90 Å². The van der Waals surface area contributed by atoms with Crippen LogP contribution in [0.4, 0.5) is 4.79 Å². The molecule has 176 valence electrons. The highest BCUT2D eigenvalue weighted by molar-refractivity contribution is 9.10. The zero-order valence-electron chi connectivity index (χ0n) is 19.0. The third kappa shape index (κ3) is 5.53. The van der Waals surface area contributed by atoms with Gasteiger partial charge in [-0.1, -0.05) is 64.5 Å². The standard InChI is InChI=1S/C27H22BrN3O4/c1-2-34-24-13-21(22(28)14-25(24)35-17-20-11-7-6-10-19(20)15-29)12-23-26(32)31(27(33)30-23)16-18-8-4-3-5-9-18/h3-14H,2,16-17H2,1H3,(H,30,33)/b23-12+. The molecule has 0 radical (unpaired) electrons. The Bertz CT molecular complexity index is 1330. The number of nitrogens with one attached hydrogen (secondary N) is 1. The van der Waals surface area contributed by atoms with Crippen LogP contribution >= 0.6 is 15.9 Å². The molecule has 1 aliphatic rings. The van der Waals surface area contributed by atoms with Gasteiger partial charge in [0.05, 0.1) is 24.8 Å². The van der Waals surface area contributed by atoms with Crippen molar-refractivity contribution in [2.75, 3.05) is 6.61 Å². The lowest BCUT2D eigenvalue weighted by Gasteiger charge is -2.15. The second-order valence-electron chi connectivity index (χ2n) is 7.68. The Kier molecular flexibility index (Phi) is 7.48. The van der Waals surface area contributed by atoms with Gasteiger partial charge in [0.15, 0.2) is 11.5 Å². The van der Waals surface area contributed by atoms with Crippen LogP contribution < -0.4 is 14.8 Å². The highest BCUT2D eigenvalue weighted by Gasteiger charge is 2.33. The summed E-state index contributed by atoms with van der Waals surface area (Å²) in [5.74, 6) is 0.563. The van der Waals surface area contributed by atoms with Crippen molar-refractivity contribution < 1.29 is 19.1 Å². The first-order chi connectivity index (χ1) is 17.0. The third-order valence-corrected chi connectivity index (χ3v) is 6.02. The molecule has 7 nitrogen and oxygen atoms in total. The van der Waals surface area contributed by atoms with Gasteiger partial charge in [-0.3, -0.25) is 9.69 Å². The van der Waals surface area contributed by atoms with Gasteiger partial charge >= 0.3 is 6.03 Å². The maximum Gasteiger partial charge on any atom is 0.329 e. The molecule has 1 fully saturated rings. The van der Waals surface area contributed by atoms with Crippen molar-refractivity contribution in [3.63, 3.8) is 0 Å². The fraction of sp³-hybridized carbons (Fsp3) is 0.148. The molecule has 0 atom stereocenters. The van der Waals surface area contributed by atoms with E-state index in [4.69, 9.17) is 9.47 Å². The number of benzene rings is 3. The third-order valence-electron chi connectivity index (χ3n) is 5.33. The number of ether oxygens (including phenoxy) is 2. The number of carbonyl (C=O) groups excluding carboxylic acids is 2. The fourth-order valence-corrected chi connectivity index (χ4v) is 4.03. The van der Waals surface area contributed by atoms with Crippen molar-refractivity contribution >= 4 is 33.9 Å². The van der Waals surface area contributed by atoms with E-state index >= 15 is 0 Å². The van der Waals surface area contributed by atoms with Crippen LogP contribution in [0.5, 0.6) is 11.5 Å². The average molecular weight is 532 g/mol. The number of amides is 3. The van der Waals surface area contributed by atoms with Crippen LogP contribution in [0.15, 0.2) is 76.9 Å². The first kappa shape index (κ1) is 24.0. The molecule has 1 N–H and O–H groups in total. The summed E-state index contributed by atoms with van der Waals surface area (Å²) in [4.78, 5) is 26.5. The topological polar surface area (TPSA) is 91.7 Å². The van der Waals surface area contributed by atoms with Gasteiger partial charge in [0.1, 0.15) is 12.3 Å². The maximum absolute atomic E-state index is 12.9. The van der Waals surface area contributed by atoms with Gasteiger partial charge in [-0.05, 0) is 42.3 Å².